The maximum atomic E-state index is 15.1. The Bertz CT molecular complexity index is 1180. The number of nitrogens with zero attached hydrogens (tertiary/aromatic N) is 1. The van der Waals surface area contributed by atoms with E-state index in [0.29, 0.717) is 28.7 Å². The number of esters is 2. The number of ether oxygens (including phenoxy) is 2. The van der Waals surface area contributed by atoms with Gasteiger partial charge in [0.25, 0.3) is 5.79 Å². The number of cyclic esters (lactones) is 2. The highest BCUT2D eigenvalue weighted by molar-refractivity contribution is 5.99. The summed E-state index contributed by atoms with van der Waals surface area (Å²) in [4.78, 5) is 31.1. The minimum Gasteiger partial charge on any atom is -0.422 e. The molecule has 0 bridgehead atoms. The van der Waals surface area contributed by atoms with E-state index in [1.54, 1.807) is 12.1 Å². The number of H-pyrrole nitrogens is 1. The van der Waals surface area contributed by atoms with Crippen molar-refractivity contribution in [1.29, 1.82) is 0 Å². The highest BCUT2D eigenvalue weighted by atomic mass is 19.1. The van der Waals surface area contributed by atoms with Crippen molar-refractivity contribution in [3.63, 3.8) is 0 Å². The fourth-order valence-electron chi connectivity index (χ4n) is 4.27. The van der Waals surface area contributed by atoms with Crippen LogP contribution in [-0.2, 0) is 25.6 Å². The third-order valence-electron chi connectivity index (χ3n) is 5.44. The molecular weight excluding hydrogens is 418 g/mol. The first-order valence-electron chi connectivity index (χ1n) is 10.2. The van der Waals surface area contributed by atoms with Crippen LogP contribution < -0.4 is 0 Å². The first kappa shape index (κ1) is 22.0. The van der Waals surface area contributed by atoms with Gasteiger partial charge in [0.2, 0.25) is 0 Å². The minimum atomic E-state index is -1.43. The van der Waals surface area contributed by atoms with Gasteiger partial charge in [0.05, 0.1) is 0 Å². The molecule has 1 aliphatic heterocycles. The Labute approximate surface area is 184 Å². The molecule has 6 nitrogen and oxygen atoms in total. The van der Waals surface area contributed by atoms with E-state index in [1.807, 2.05) is 19.0 Å². The molecule has 1 unspecified atom stereocenters. The summed E-state index contributed by atoms with van der Waals surface area (Å²) in [6.45, 7) is 3.31. The van der Waals surface area contributed by atoms with Gasteiger partial charge in [-0.3, -0.25) is 9.59 Å². The molecule has 1 aromatic heterocycles. The number of nitrogens with one attached hydrogen (secondary N) is 1. The molecule has 1 aliphatic rings. The molecule has 0 radical (unpaired) electrons. The van der Waals surface area contributed by atoms with Crippen LogP contribution in [0.3, 0.4) is 0 Å². The molecule has 1 fully saturated rings. The molecule has 4 rings (SSSR count). The van der Waals surface area contributed by atoms with Crippen molar-refractivity contribution in [2.45, 2.75) is 32.1 Å². The molecular formula is C24H24F2N2O4. The van der Waals surface area contributed by atoms with E-state index >= 15 is 4.39 Å². The van der Waals surface area contributed by atoms with Crippen LogP contribution in [0.1, 0.15) is 36.6 Å². The summed E-state index contributed by atoms with van der Waals surface area (Å²) in [6.07, 6.45) is 0. The molecule has 0 amide bonds. The van der Waals surface area contributed by atoms with E-state index in [4.69, 9.17) is 9.47 Å². The molecule has 32 heavy (non-hydrogen) atoms. The summed E-state index contributed by atoms with van der Waals surface area (Å²) in [5.74, 6) is -6.50. The maximum absolute atomic E-state index is 15.1. The van der Waals surface area contributed by atoms with Crippen LogP contribution >= 0.6 is 0 Å². The third-order valence-corrected chi connectivity index (χ3v) is 5.44. The van der Waals surface area contributed by atoms with Crippen molar-refractivity contribution in [2.24, 2.45) is 5.92 Å². The molecule has 1 N–H and O–H groups in total. The summed E-state index contributed by atoms with van der Waals surface area (Å²) in [6, 6.07) is 10.1. The Balaban J connectivity index is 2.00. The monoisotopic (exact) mass is 442 g/mol. The molecule has 2 heterocycles. The zero-order chi connectivity index (χ0) is 23.2. The quantitative estimate of drug-likeness (QED) is 0.476. The lowest BCUT2D eigenvalue weighted by Crippen LogP contribution is -2.48. The first-order valence-corrected chi connectivity index (χ1v) is 10.2. The summed E-state index contributed by atoms with van der Waals surface area (Å²) >= 11 is 0. The Morgan fingerprint density at radius 3 is 2.34 bits per heavy atom. The molecule has 0 spiro atoms. The largest absolute Gasteiger partial charge is 0.422 e. The molecule has 1 saturated heterocycles. The fourth-order valence-corrected chi connectivity index (χ4v) is 4.27. The number of benzene rings is 2. The highest BCUT2D eigenvalue weighted by Gasteiger charge is 2.49. The van der Waals surface area contributed by atoms with Crippen LogP contribution in [0.4, 0.5) is 8.78 Å². The predicted octanol–water partition coefficient (Wildman–Crippen LogP) is 4.09. The number of fused-ring (bicyclic) bond motifs is 1. The van der Waals surface area contributed by atoms with Crippen molar-refractivity contribution in [3.8, 4) is 0 Å². The van der Waals surface area contributed by atoms with Crippen molar-refractivity contribution in [2.75, 3.05) is 14.1 Å². The van der Waals surface area contributed by atoms with Crippen LogP contribution in [0, 0.1) is 17.6 Å². The van der Waals surface area contributed by atoms with Crippen molar-refractivity contribution in [1.82, 2.24) is 9.88 Å². The van der Waals surface area contributed by atoms with Gasteiger partial charge in [-0.1, -0.05) is 18.2 Å². The van der Waals surface area contributed by atoms with Gasteiger partial charge in [-0.25, -0.2) is 8.78 Å². The van der Waals surface area contributed by atoms with Crippen LogP contribution in [-0.4, -0.2) is 41.7 Å². The van der Waals surface area contributed by atoms with Crippen molar-refractivity contribution >= 4 is 22.8 Å². The van der Waals surface area contributed by atoms with Gasteiger partial charge in [-0.15, -0.1) is 0 Å². The standard InChI is InChI=1S/C24H24F2N2O4/c1-24(2)31-22(29)21(23(30)32-24)20(14-7-5-6-8-16(14)26)19-15-10-9-13(25)11-17(15)27-18(19)12-28(3)4/h5-11,20-21,27H,12H2,1-4H3. The molecule has 3 aromatic rings. The first-order chi connectivity index (χ1) is 15.1. The van der Waals surface area contributed by atoms with E-state index in [9.17, 15) is 14.0 Å². The number of aromatic amines is 1. The SMILES string of the molecule is CN(C)Cc1[nH]c2cc(F)ccc2c1C(c1ccccc1F)C1C(=O)OC(C)(C)OC1=O. The average molecular weight is 442 g/mol. The molecule has 2 aromatic carbocycles. The smallest absolute Gasteiger partial charge is 0.324 e. The van der Waals surface area contributed by atoms with Crippen molar-refractivity contribution in [3.05, 3.63) is 70.9 Å². The minimum absolute atomic E-state index is 0.149. The number of rotatable bonds is 5. The summed E-state index contributed by atoms with van der Waals surface area (Å²) in [7, 11) is 3.69. The molecule has 0 aliphatic carbocycles. The van der Waals surface area contributed by atoms with Gasteiger partial charge in [0, 0.05) is 42.9 Å². The van der Waals surface area contributed by atoms with E-state index < -0.39 is 41.2 Å². The van der Waals surface area contributed by atoms with Gasteiger partial charge in [0.1, 0.15) is 11.6 Å². The van der Waals surface area contributed by atoms with Crippen molar-refractivity contribution < 1.29 is 27.8 Å². The average Bonchev–Trinajstić information content (AvgIpc) is 3.00. The van der Waals surface area contributed by atoms with Gasteiger partial charge in [-0.2, -0.15) is 0 Å². The van der Waals surface area contributed by atoms with Gasteiger partial charge in [-0.05, 0) is 49.5 Å². The van der Waals surface area contributed by atoms with E-state index in [1.165, 1.54) is 44.2 Å². The number of aromatic nitrogens is 1. The number of hydrogen-bond acceptors (Lipinski definition) is 5. The van der Waals surface area contributed by atoms with E-state index in [0.717, 1.165) is 0 Å². The Morgan fingerprint density at radius 1 is 1.06 bits per heavy atom. The fraction of sp³-hybridized carbons (Fsp3) is 0.333. The number of carbonyl (C=O) groups excluding carboxylic acids is 2. The molecule has 168 valence electrons. The van der Waals surface area contributed by atoms with E-state index in [2.05, 4.69) is 4.98 Å². The predicted molar refractivity (Wildman–Crippen MR) is 114 cm³/mol. The lowest BCUT2D eigenvalue weighted by molar-refractivity contribution is -0.240. The Kier molecular flexibility index (Phi) is 5.50. The second kappa shape index (κ2) is 8.02. The topological polar surface area (TPSA) is 71.6 Å². The van der Waals surface area contributed by atoms with Crippen LogP contribution in [0.15, 0.2) is 42.5 Å². The summed E-state index contributed by atoms with van der Waals surface area (Å²) in [5.41, 5.74) is 1.79. The highest BCUT2D eigenvalue weighted by Crippen LogP contribution is 2.43. The summed E-state index contributed by atoms with van der Waals surface area (Å²) in [5, 5.41) is 0.585. The zero-order valence-corrected chi connectivity index (χ0v) is 18.2. The number of hydrogen-bond donors (Lipinski definition) is 1. The lowest BCUT2D eigenvalue weighted by atomic mass is 9.78. The number of halogens is 2. The maximum Gasteiger partial charge on any atom is 0.324 e. The van der Waals surface area contributed by atoms with Gasteiger partial charge in [0.15, 0.2) is 5.92 Å². The van der Waals surface area contributed by atoms with Gasteiger partial charge < -0.3 is 19.4 Å². The van der Waals surface area contributed by atoms with Crippen LogP contribution in [0.2, 0.25) is 0 Å². The number of carbonyl (C=O) groups is 2. The van der Waals surface area contributed by atoms with E-state index in [-0.39, 0.29) is 5.56 Å². The van der Waals surface area contributed by atoms with Crippen LogP contribution in [0.25, 0.3) is 10.9 Å². The molecule has 0 saturated carbocycles. The van der Waals surface area contributed by atoms with Crippen LogP contribution in [0.5, 0.6) is 0 Å². The second-order valence-corrected chi connectivity index (χ2v) is 8.66. The Hall–Kier alpha value is -3.26. The molecule has 1 atom stereocenters. The normalized spacial score (nSPS) is 17.5. The second-order valence-electron chi connectivity index (χ2n) is 8.66. The molecule has 8 heteroatoms. The Morgan fingerprint density at radius 2 is 1.72 bits per heavy atom. The third kappa shape index (κ3) is 3.98. The summed E-state index contributed by atoms with van der Waals surface area (Å²) < 4.78 is 39.7. The lowest BCUT2D eigenvalue weighted by Gasteiger charge is -2.36. The zero-order valence-electron chi connectivity index (χ0n) is 18.2. The van der Waals surface area contributed by atoms with Gasteiger partial charge >= 0.3 is 11.9 Å².